The highest BCUT2D eigenvalue weighted by Crippen LogP contribution is 2.01. The van der Waals surface area contributed by atoms with Gasteiger partial charge in [-0.15, -0.1) is 0 Å². The molecule has 0 unspecified atom stereocenters. The number of H-pyrrole nitrogens is 1. The van der Waals surface area contributed by atoms with Crippen LogP contribution >= 0.6 is 12.2 Å². The van der Waals surface area contributed by atoms with Crippen LogP contribution in [0, 0.1) is 4.77 Å². The molecule has 0 saturated carbocycles. The van der Waals surface area contributed by atoms with Crippen LogP contribution in [0.2, 0.25) is 0 Å². The Hall–Kier alpha value is -1.43. The number of methoxy groups -OCH3 is 1. The highest BCUT2D eigenvalue weighted by molar-refractivity contribution is 7.71. The van der Waals surface area contributed by atoms with Gasteiger partial charge in [-0.1, -0.05) is 0 Å². The van der Waals surface area contributed by atoms with Crippen LogP contribution < -0.4 is 5.56 Å². The van der Waals surface area contributed by atoms with Crippen molar-refractivity contribution in [2.75, 3.05) is 7.11 Å². The van der Waals surface area contributed by atoms with Crippen LogP contribution in [-0.4, -0.2) is 22.6 Å². The van der Waals surface area contributed by atoms with E-state index < -0.39 is 11.5 Å². The van der Waals surface area contributed by atoms with Gasteiger partial charge >= 0.3 is 5.97 Å². The summed E-state index contributed by atoms with van der Waals surface area (Å²) in [6.45, 7) is 3.62. The molecule has 1 heterocycles. The van der Waals surface area contributed by atoms with Crippen molar-refractivity contribution in [3.8, 4) is 0 Å². The minimum atomic E-state index is -0.666. The van der Waals surface area contributed by atoms with Crippen LogP contribution in [0.3, 0.4) is 0 Å². The average molecular weight is 228 g/mol. The van der Waals surface area contributed by atoms with E-state index in [1.807, 2.05) is 13.8 Å². The highest BCUT2D eigenvalue weighted by atomic mass is 32.1. The fourth-order valence-corrected chi connectivity index (χ4v) is 1.57. The molecular weight excluding hydrogens is 216 g/mol. The third kappa shape index (κ3) is 2.15. The van der Waals surface area contributed by atoms with Gasteiger partial charge in [0.25, 0.3) is 5.56 Å². The largest absolute Gasteiger partial charge is 0.465 e. The topological polar surface area (TPSA) is 64.1 Å². The van der Waals surface area contributed by atoms with E-state index >= 15 is 0 Å². The van der Waals surface area contributed by atoms with Crippen LogP contribution in [-0.2, 0) is 4.74 Å². The number of aromatic amines is 1. The molecule has 82 valence electrons. The van der Waals surface area contributed by atoms with E-state index in [1.54, 1.807) is 0 Å². The molecule has 5 nitrogen and oxygen atoms in total. The first-order valence-corrected chi connectivity index (χ1v) is 4.82. The summed E-state index contributed by atoms with van der Waals surface area (Å²) < 4.78 is 6.11. The second-order valence-corrected chi connectivity index (χ2v) is 3.65. The number of rotatable bonds is 2. The molecule has 1 rings (SSSR count). The van der Waals surface area contributed by atoms with E-state index in [0.717, 1.165) is 0 Å². The number of esters is 1. The summed E-state index contributed by atoms with van der Waals surface area (Å²) in [5.41, 5.74) is -0.472. The minimum absolute atomic E-state index is 0.0419. The standard InChI is InChI=1S/C9H12N2O3S/c1-5(2)11-7(12)6(8(13)14-3)4-10-9(11)15/h4-5H,1-3H3,(H,10,15). The molecule has 0 saturated heterocycles. The molecule has 0 amide bonds. The summed E-state index contributed by atoms with van der Waals surface area (Å²) in [6, 6.07) is -0.106. The Morgan fingerprint density at radius 1 is 1.60 bits per heavy atom. The van der Waals surface area contributed by atoms with Gasteiger partial charge in [-0.3, -0.25) is 9.36 Å². The number of aromatic nitrogens is 2. The molecule has 15 heavy (non-hydrogen) atoms. The summed E-state index contributed by atoms with van der Waals surface area (Å²) in [5, 5.41) is 0. The second-order valence-electron chi connectivity index (χ2n) is 3.27. The van der Waals surface area contributed by atoms with Gasteiger partial charge in [0.2, 0.25) is 0 Å². The second kappa shape index (κ2) is 4.39. The first kappa shape index (κ1) is 11.6. The number of ether oxygens (including phenoxy) is 1. The third-order valence-corrected chi connectivity index (χ3v) is 2.24. The van der Waals surface area contributed by atoms with Crippen molar-refractivity contribution < 1.29 is 9.53 Å². The van der Waals surface area contributed by atoms with Gasteiger partial charge in [-0.2, -0.15) is 0 Å². The van der Waals surface area contributed by atoms with Gasteiger partial charge < -0.3 is 9.72 Å². The predicted octanol–water partition coefficient (Wildman–Crippen LogP) is 1.27. The third-order valence-electron chi connectivity index (χ3n) is 1.93. The SMILES string of the molecule is COC(=O)c1c[nH]c(=S)n(C(C)C)c1=O. The van der Waals surface area contributed by atoms with Gasteiger partial charge in [0.05, 0.1) is 7.11 Å². The van der Waals surface area contributed by atoms with Crippen molar-refractivity contribution in [1.29, 1.82) is 0 Å². The van der Waals surface area contributed by atoms with E-state index in [9.17, 15) is 9.59 Å². The molecule has 0 fully saturated rings. The van der Waals surface area contributed by atoms with E-state index in [-0.39, 0.29) is 11.6 Å². The van der Waals surface area contributed by atoms with Crippen LogP contribution in [0.1, 0.15) is 30.2 Å². The minimum Gasteiger partial charge on any atom is -0.465 e. The van der Waals surface area contributed by atoms with Gasteiger partial charge in [0.15, 0.2) is 4.77 Å². The van der Waals surface area contributed by atoms with E-state index in [2.05, 4.69) is 9.72 Å². The Kier molecular flexibility index (Phi) is 3.41. The van der Waals surface area contributed by atoms with Gasteiger partial charge in [0.1, 0.15) is 5.56 Å². The fraction of sp³-hybridized carbons (Fsp3) is 0.444. The maximum atomic E-state index is 11.8. The zero-order chi connectivity index (χ0) is 11.6. The monoisotopic (exact) mass is 228 g/mol. The van der Waals surface area contributed by atoms with Gasteiger partial charge in [-0.05, 0) is 26.1 Å². The first-order valence-electron chi connectivity index (χ1n) is 4.41. The van der Waals surface area contributed by atoms with Crippen molar-refractivity contribution in [2.24, 2.45) is 0 Å². The quantitative estimate of drug-likeness (QED) is 0.611. The van der Waals surface area contributed by atoms with Gasteiger partial charge in [-0.25, -0.2) is 4.79 Å². The lowest BCUT2D eigenvalue weighted by molar-refractivity contribution is 0.0597. The lowest BCUT2D eigenvalue weighted by Crippen LogP contribution is -2.29. The van der Waals surface area contributed by atoms with Crippen LogP contribution in [0.15, 0.2) is 11.0 Å². The molecule has 0 aliphatic heterocycles. The number of hydrogen-bond acceptors (Lipinski definition) is 4. The molecular formula is C9H12N2O3S. The van der Waals surface area contributed by atoms with E-state index in [4.69, 9.17) is 12.2 Å². The molecule has 0 aromatic carbocycles. The molecule has 0 aliphatic rings. The molecule has 0 bridgehead atoms. The summed E-state index contributed by atoms with van der Waals surface area (Å²) >= 11 is 4.95. The van der Waals surface area contributed by atoms with Crippen molar-refractivity contribution in [1.82, 2.24) is 9.55 Å². The van der Waals surface area contributed by atoms with Crippen molar-refractivity contribution >= 4 is 18.2 Å². The maximum Gasteiger partial charge on any atom is 0.345 e. The Morgan fingerprint density at radius 2 is 2.20 bits per heavy atom. The molecule has 1 N–H and O–H groups in total. The first-order chi connectivity index (χ1) is 6.99. The van der Waals surface area contributed by atoms with Crippen molar-refractivity contribution in [2.45, 2.75) is 19.9 Å². The average Bonchev–Trinajstić information content (AvgIpc) is 2.16. The normalized spacial score (nSPS) is 10.4. The number of nitrogens with zero attached hydrogens (tertiary/aromatic N) is 1. The summed E-state index contributed by atoms with van der Waals surface area (Å²) in [7, 11) is 1.23. The summed E-state index contributed by atoms with van der Waals surface area (Å²) in [4.78, 5) is 25.7. The molecule has 0 atom stereocenters. The summed E-state index contributed by atoms with van der Waals surface area (Å²) in [5.74, 6) is -0.666. The molecule has 1 aromatic rings. The predicted molar refractivity (Wildman–Crippen MR) is 57.6 cm³/mol. The number of hydrogen-bond donors (Lipinski definition) is 1. The molecule has 0 spiro atoms. The zero-order valence-electron chi connectivity index (χ0n) is 8.73. The smallest absolute Gasteiger partial charge is 0.345 e. The molecule has 0 radical (unpaired) electrons. The van der Waals surface area contributed by atoms with E-state index in [0.29, 0.717) is 4.77 Å². The summed E-state index contributed by atoms with van der Waals surface area (Å²) in [6.07, 6.45) is 1.27. The van der Waals surface area contributed by atoms with Crippen molar-refractivity contribution in [3.63, 3.8) is 0 Å². The Bertz CT molecular complexity index is 487. The lowest BCUT2D eigenvalue weighted by Gasteiger charge is -2.10. The fourth-order valence-electron chi connectivity index (χ4n) is 1.21. The van der Waals surface area contributed by atoms with Crippen LogP contribution in [0.25, 0.3) is 0 Å². The van der Waals surface area contributed by atoms with Crippen molar-refractivity contribution in [3.05, 3.63) is 26.9 Å². The number of nitrogens with one attached hydrogen (secondary N) is 1. The number of carbonyl (C=O) groups is 1. The molecule has 0 aliphatic carbocycles. The molecule has 1 aromatic heterocycles. The highest BCUT2D eigenvalue weighted by Gasteiger charge is 2.14. The van der Waals surface area contributed by atoms with Crippen LogP contribution in [0.5, 0.6) is 0 Å². The van der Waals surface area contributed by atoms with Gasteiger partial charge in [0, 0.05) is 12.2 Å². The Labute approximate surface area is 91.7 Å². The Morgan fingerprint density at radius 3 is 2.67 bits per heavy atom. The molecule has 6 heteroatoms. The lowest BCUT2D eigenvalue weighted by atomic mass is 10.3. The maximum absolute atomic E-state index is 11.8. The van der Waals surface area contributed by atoms with Crippen LogP contribution in [0.4, 0.5) is 0 Å². The zero-order valence-corrected chi connectivity index (χ0v) is 9.55. The number of carbonyl (C=O) groups excluding carboxylic acids is 1. The Balaban J connectivity index is 3.49. The van der Waals surface area contributed by atoms with E-state index in [1.165, 1.54) is 17.9 Å².